The molecule has 0 radical (unpaired) electrons. The van der Waals surface area contributed by atoms with E-state index in [2.05, 4.69) is 10.6 Å². The molecule has 1 fully saturated rings. The summed E-state index contributed by atoms with van der Waals surface area (Å²) < 4.78 is 10.0. The van der Waals surface area contributed by atoms with Crippen molar-refractivity contribution >= 4 is 17.6 Å². The molecular formula is C15H21N3O4. The zero-order valence-corrected chi connectivity index (χ0v) is 12.8. The second kappa shape index (κ2) is 7.65. The average molecular weight is 307 g/mol. The molecule has 3 amide bonds. The van der Waals surface area contributed by atoms with Crippen LogP contribution in [0.5, 0.6) is 5.75 Å². The lowest BCUT2D eigenvalue weighted by Crippen LogP contribution is -2.44. The van der Waals surface area contributed by atoms with Gasteiger partial charge in [0.05, 0.1) is 19.8 Å². The Labute approximate surface area is 129 Å². The molecule has 1 atom stereocenters. The van der Waals surface area contributed by atoms with E-state index in [0.717, 1.165) is 5.69 Å². The van der Waals surface area contributed by atoms with Gasteiger partial charge in [0.25, 0.3) is 0 Å². The zero-order valence-electron chi connectivity index (χ0n) is 12.8. The SMILES string of the molecule is COCCNC(=O)N[C@H]1CC(=O)N(c2cccc(OC)c2)C1. The number of nitrogens with one attached hydrogen (secondary N) is 2. The van der Waals surface area contributed by atoms with Crippen LogP contribution in [-0.4, -0.2) is 51.9 Å². The van der Waals surface area contributed by atoms with E-state index < -0.39 is 0 Å². The van der Waals surface area contributed by atoms with Gasteiger partial charge in [-0.1, -0.05) is 6.07 Å². The van der Waals surface area contributed by atoms with Gasteiger partial charge in [-0.05, 0) is 12.1 Å². The highest BCUT2D eigenvalue weighted by Gasteiger charge is 2.31. The molecule has 1 saturated heterocycles. The minimum absolute atomic E-state index is 0.0181. The molecule has 0 unspecified atom stereocenters. The third-order valence-corrected chi connectivity index (χ3v) is 3.42. The van der Waals surface area contributed by atoms with Gasteiger partial charge < -0.3 is 25.0 Å². The monoisotopic (exact) mass is 307 g/mol. The molecule has 0 aromatic heterocycles. The minimum atomic E-state index is -0.289. The largest absolute Gasteiger partial charge is 0.497 e. The fourth-order valence-electron chi connectivity index (χ4n) is 2.34. The van der Waals surface area contributed by atoms with E-state index in [-0.39, 0.29) is 24.4 Å². The molecule has 2 N–H and O–H groups in total. The smallest absolute Gasteiger partial charge is 0.315 e. The molecule has 1 aromatic rings. The summed E-state index contributed by atoms with van der Waals surface area (Å²) in [6.07, 6.45) is 0.287. The third kappa shape index (κ3) is 4.11. The molecular weight excluding hydrogens is 286 g/mol. The van der Waals surface area contributed by atoms with Crippen molar-refractivity contribution in [2.24, 2.45) is 0 Å². The number of methoxy groups -OCH3 is 2. The van der Waals surface area contributed by atoms with Crippen LogP contribution in [0.15, 0.2) is 24.3 Å². The number of nitrogens with zero attached hydrogens (tertiary/aromatic N) is 1. The zero-order chi connectivity index (χ0) is 15.9. The number of urea groups is 1. The molecule has 0 bridgehead atoms. The van der Waals surface area contributed by atoms with Crippen LogP contribution >= 0.6 is 0 Å². The molecule has 1 aliphatic heterocycles. The van der Waals surface area contributed by atoms with Crippen molar-refractivity contribution in [2.75, 3.05) is 38.8 Å². The average Bonchev–Trinajstić information content (AvgIpc) is 2.88. The first-order chi connectivity index (χ1) is 10.6. The number of rotatable bonds is 6. The van der Waals surface area contributed by atoms with Crippen molar-refractivity contribution in [3.63, 3.8) is 0 Å². The van der Waals surface area contributed by atoms with Gasteiger partial charge in [0.15, 0.2) is 0 Å². The molecule has 0 aliphatic carbocycles. The van der Waals surface area contributed by atoms with Gasteiger partial charge in [-0.2, -0.15) is 0 Å². The topological polar surface area (TPSA) is 79.9 Å². The van der Waals surface area contributed by atoms with Gasteiger partial charge in [-0.25, -0.2) is 4.79 Å². The number of hydrogen-bond acceptors (Lipinski definition) is 4. The standard InChI is InChI=1S/C15H21N3O4/c1-21-7-6-16-15(20)17-11-8-14(19)18(10-11)12-4-3-5-13(9-12)22-2/h3-5,9,11H,6-8,10H2,1-2H3,(H2,16,17,20)/t11-/m0/s1. The van der Waals surface area contributed by atoms with E-state index in [4.69, 9.17) is 9.47 Å². The van der Waals surface area contributed by atoms with E-state index >= 15 is 0 Å². The molecule has 2 rings (SSSR count). The summed E-state index contributed by atoms with van der Waals surface area (Å²) in [6.45, 7) is 1.33. The second-order valence-corrected chi connectivity index (χ2v) is 5.00. The number of benzene rings is 1. The van der Waals surface area contributed by atoms with Gasteiger partial charge >= 0.3 is 6.03 Å². The first-order valence-electron chi connectivity index (χ1n) is 7.11. The van der Waals surface area contributed by atoms with Crippen molar-refractivity contribution in [1.82, 2.24) is 10.6 Å². The number of amides is 3. The van der Waals surface area contributed by atoms with Crippen LogP contribution < -0.4 is 20.3 Å². The van der Waals surface area contributed by atoms with Gasteiger partial charge in [-0.15, -0.1) is 0 Å². The maximum Gasteiger partial charge on any atom is 0.315 e. The van der Waals surface area contributed by atoms with E-state index in [1.54, 1.807) is 25.2 Å². The van der Waals surface area contributed by atoms with Crippen LogP contribution in [0, 0.1) is 0 Å². The first-order valence-corrected chi connectivity index (χ1v) is 7.11. The summed E-state index contributed by atoms with van der Waals surface area (Å²) in [7, 11) is 3.15. The maximum atomic E-state index is 12.1. The minimum Gasteiger partial charge on any atom is -0.497 e. The van der Waals surface area contributed by atoms with E-state index in [1.807, 2.05) is 18.2 Å². The van der Waals surface area contributed by atoms with Gasteiger partial charge in [-0.3, -0.25) is 4.79 Å². The quantitative estimate of drug-likeness (QED) is 0.760. The summed E-state index contributed by atoms with van der Waals surface area (Å²) in [5.41, 5.74) is 0.772. The molecule has 0 spiro atoms. The van der Waals surface area contributed by atoms with Crippen molar-refractivity contribution in [1.29, 1.82) is 0 Å². The van der Waals surface area contributed by atoms with Gasteiger partial charge in [0.1, 0.15) is 5.75 Å². The number of hydrogen-bond donors (Lipinski definition) is 2. The molecule has 7 heteroatoms. The van der Waals surface area contributed by atoms with Crippen molar-refractivity contribution < 1.29 is 19.1 Å². The predicted molar refractivity (Wildman–Crippen MR) is 82.2 cm³/mol. The van der Waals surface area contributed by atoms with Crippen LogP contribution in [0.3, 0.4) is 0 Å². The molecule has 1 aliphatic rings. The Kier molecular flexibility index (Phi) is 5.60. The summed E-state index contributed by atoms with van der Waals surface area (Å²) in [5, 5.41) is 5.47. The third-order valence-electron chi connectivity index (χ3n) is 3.42. The van der Waals surface area contributed by atoms with Gasteiger partial charge in [0, 0.05) is 38.4 Å². The lowest BCUT2D eigenvalue weighted by molar-refractivity contribution is -0.117. The van der Waals surface area contributed by atoms with Crippen LogP contribution in [0.4, 0.5) is 10.5 Å². The Hall–Kier alpha value is -2.28. The Bertz CT molecular complexity index is 535. The summed E-state index contributed by atoms with van der Waals surface area (Å²) in [4.78, 5) is 25.5. The van der Waals surface area contributed by atoms with Crippen LogP contribution in [0.25, 0.3) is 0 Å². The molecule has 1 heterocycles. The lowest BCUT2D eigenvalue weighted by Gasteiger charge is -2.18. The Morgan fingerprint density at radius 3 is 2.95 bits per heavy atom. The van der Waals surface area contributed by atoms with E-state index in [1.165, 1.54) is 0 Å². The Morgan fingerprint density at radius 1 is 1.41 bits per heavy atom. The molecule has 120 valence electrons. The number of anilines is 1. The molecule has 0 saturated carbocycles. The lowest BCUT2D eigenvalue weighted by atomic mass is 10.2. The predicted octanol–water partition coefficient (Wildman–Crippen LogP) is 0.746. The summed E-state index contributed by atoms with van der Waals surface area (Å²) in [5.74, 6) is 0.675. The maximum absolute atomic E-state index is 12.1. The van der Waals surface area contributed by atoms with Gasteiger partial charge in [0.2, 0.25) is 5.91 Å². The Morgan fingerprint density at radius 2 is 2.23 bits per heavy atom. The Balaban J connectivity index is 1.91. The molecule has 7 nitrogen and oxygen atoms in total. The van der Waals surface area contributed by atoms with Crippen molar-refractivity contribution in [2.45, 2.75) is 12.5 Å². The van der Waals surface area contributed by atoms with Crippen LogP contribution in [-0.2, 0) is 9.53 Å². The van der Waals surface area contributed by atoms with E-state index in [9.17, 15) is 9.59 Å². The van der Waals surface area contributed by atoms with E-state index in [0.29, 0.717) is 25.4 Å². The highest BCUT2D eigenvalue weighted by atomic mass is 16.5. The summed E-state index contributed by atoms with van der Waals surface area (Å²) in [6, 6.07) is 6.81. The number of ether oxygens (including phenoxy) is 2. The van der Waals surface area contributed by atoms with Crippen molar-refractivity contribution in [3.05, 3.63) is 24.3 Å². The normalized spacial score (nSPS) is 17.5. The van der Waals surface area contributed by atoms with Crippen LogP contribution in [0.2, 0.25) is 0 Å². The molecule has 1 aromatic carbocycles. The number of carbonyl (C=O) groups is 2. The van der Waals surface area contributed by atoms with Crippen molar-refractivity contribution in [3.8, 4) is 5.75 Å². The first kappa shape index (κ1) is 16.1. The number of carbonyl (C=O) groups excluding carboxylic acids is 2. The highest BCUT2D eigenvalue weighted by Crippen LogP contribution is 2.25. The fourth-order valence-corrected chi connectivity index (χ4v) is 2.34. The summed E-state index contributed by atoms with van der Waals surface area (Å²) >= 11 is 0. The molecule has 22 heavy (non-hydrogen) atoms. The fraction of sp³-hybridized carbons (Fsp3) is 0.467. The van der Waals surface area contributed by atoms with Crippen LogP contribution in [0.1, 0.15) is 6.42 Å². The highest BCUT2D eigenvalue weighted by molar-refractivity contribution is 5.97. The second-order valence-electron chi connectivity index (χ2n) is 5.00.